The van der Waals surface area contributed by atoms with Crippen molar-refractivity contribution in [1.82, 2.24) is 52.5 Å². The summed E-state index contributed by atoms with van der Waals surface area (Å²) in [6, 6.07) is -13.3. The van der Waals surface area contributed by atoms with Crippen molar-refractivity contribution in [1.29, 1.82) is 0 Å². The molecule has 0 unspecified atom stereocenters. The Morgan fingerprint density at radius 2 is 1.20 bits per heavy atom. The lowest BCUT2D eigenvalue weighted by atomic mass is 10.0. The van der Waals surface area contributed by atoms with E-state index < -0.39 is 139 Å². The van der Waals surface area contributed by atoms with Gasteiger partial charge < -0.3 is 85.1 Å². The molecular formula is C39H66N14O14S2. The lowest BCUT2D eigenvalue weighted by molar-refractivity contribution is -0.141. The number of aromatic amines is 1. The second-order valence-corrected chi connectivity index (χ2v) is 16.8. The number of carboxylic acids is 2. The molecule has 0 aliphatic carbocycles. The zero-order valence-corrected chi connectivity index (χ0v) is 40.3. The molecule has 30 heteroatoms. The van der Waals surface area contributed by atoms with Crippen molar-refractivity contribution >= 4 is 90.4 Å². The molecule has 0 aliphatic rings. The van der Waals surface area contributed by atoms with Gasteiger partial charge in [-0.25, -0.2) is 9.78 Å². The monoisotopic (exact) mass is 1020 g/mol. The average Bonchev–Trinajstić information content (AvgIpc) is 3.80. The van der Waals surface area contributed by atoms with Crippen LogP contribution in [0.3, 0.4) is 0 Å². The quantitative estimate of drug-likeness (QED) is 0.0138. The number of aliphatic hydroxyl groups excluding tert-OH is 2. The second-order valence-electron chi connectivity index (χ2n) is 16.1. The Bertz CT molecular complexity index is 1940. The maximum Gasteiger partial charge on any atom is 0.327 e. The molecule has 0 saturated carbocycles. The van der Waals surface area contributed by atoms with Crippen LogP contribution < -0.4 is 59.7 Å². The van der Waals surface area contributed by atoms with E-state index in [0.717, 1.165) is 6.92 Å². The van der Waals surface area contributed by atoms with Crippen molar-refractivity contribution < 1.29 is 68.4 Å². The molecular weight excluding hydrogens is 953 g/mol. The van der Waals surface area contributed by atoms with Gasteiger partial charge in [0.15, 0.2) is 5.96 Å². The minimum absolute atomic E-state index is 0.0156. The molecule has 8 amide bonds. The summed E-state index contributed by atoms with van der Waals surface area (Å²) in [5, 5.41) is 57.8. The van der Waals surface area contributed by atoms with Gasteiger partial charge in [-0.05, 0) is 45.4 Å². The van der Waals surface area contributed by atoms with Gasteiger partial charge in [0.05, 0.1) is 25.1 Å². The molecule has 0 radical (unpaired) electrons. The third-order valence-electron chi connectivity index (χ3n) is 9.77. The highest BCUT2D eigenvalue weighted by Gasteiger charge is 2.35. The van der Waals surface area contributed by atoms with Crippen LogP contribution in [0.25, 0.3) is 0 Å². The molecule has 10 atom stereocenters. The standard InChI is InChI=1S/C39H66N14O14S2/c1-17(2)10-24(34(62)47-22(6-5-9-44-39(41)42)33(61)50-25(11-20-12-43-16-45-20)35(63)52-27(15-69)38(66)67)49-30(58)18(3)46-32(60)23(7-8-28(56)57)48-37(65)29(19(4)55)53-36(64)26(13-54)51-31(59)21(40)14-68/h12,16-19,21-27,29,54-55,68-69H,5-11,13-15,40H2,1-4H3,(H,43,45)(H,46,60)(H,47,62)(H,48,65)(H,49,58)(H,50,61)(H,51,59)(H,52,63)(H,53,64)(H,56,57)(H,66,67)(H4,41,42,44)/t18-,19+,21-,22-,23-,24-,25-,26-,27-,29-/m0/s1. The van der Waals surface area contributed by atoms with Gasteiger partial charge in [-0.1, -0.05) is 13.8 Å². The summed E-state index contributed by atoms with van der Waals surface area (Å²) >= 11 is 7.86. The van der Waals surface area contributed by atoms with Crippen LogP contribution in [0.5, 0.6) is 0 Å². The topological polar surface area (TPSA) is 467 Å². The summed E-state index contributed by atoms with van der Waals surface area (Å²) < 4.78 is 0. The van der Waals surface area contributed by atoms with Gasteiger partial charge >= 0.3 is 11.9 Å². The minimum Gasteiger partial charge on any atom is -0.481 e. The fourth-order valence-electron chi connectivity index (χ4n) is 5.99. The molecule has 28 nitrogen and oxygen atoms in total. The van der Waals surface area contributed by atoms with E-state index >= 15 is 0 Å². The number of guanidine groups is 1. The first-order valence-corrected chi connectivity index (χ1v) is 22.8. The molecule has 69 heavy (non-hydrogen) atoms. The van der Waals surface area contributed by atoms with E-state index in [-0.39, 0.29) is 55.6 Å². The molecule has 388 valence electrons. The van der Waals surface area contributed by atoms with Gasteiger partial charge in [0, 0.05) is 42.8 Å². The number of nitrogens with one attached hydrogen (secondary N) is 9. The van der Waals surface area contributed by atoms with Gasteiger partial charge in [-0.3, -0.25) is 48.1 Å². The molecule has 19 N–H and O–H groups in total. The molecule has 1 rings (SSSR count). The maximum atomic E-state index is 14.0. The SMILES string of the molecule is CC(C)C[C@H](NC(=O)[C@H](C)NC(=O)[C@H](CCC(=O)O)NC(=O)[C@@H](NC(=O)[C@H](CO)NC(=O)[C@@H](N)CS)[C@@H](C)O)C(=O)N[C@@H](CCCN=C(N)N)C(=O)N[C@@H](Cc1cnc[nH]1)C(=O)N[C@@H](CS)C(=O)O. The summed E-state index contributed by atoms with van der Waals surface area (Å²) in [6.45, 7) is 4.83. The van der Waals surface area contributed by atoms with E-state index in [1.807, 2.05) is 0 Å². The number of thiol groups is 2. The number of aliphatic carboxylic acids is 2. The molecule has 0 spiro atoms. The highest BCUT2D eigenvalue weighted by atomic mass is 32.1. The molecule has 0 saturated heterocycles. The zero-order chi connectivity index (χ0) is 52.5. The Kier molecular flexibility index (Phi) is 27.3. The number of carboxylic acid groups (broad SMARTS) is 2. The molecule has 0 aromatic carbocycles. The smallest absolute Gasteiger partial charge is 0.327 e. The molecule has 0 fully saturated rings. The first kappa shape index (κ1) is 60.8. The Hall–Kier alpha value is -6.24. The zero-order valence-electron chi connectivity index (χ0n) is 38.5. The van der Waals surface area contributed by atoms with E-state index in [1.54, 1.807) is 13.8 Å². The second kappa shape index (κ2) is 31.0. The van der Waals surface area contributed by atoms with Crippen LogP contribution in [0.15, 0.2) is 17.5 Å². The number of hydrogen-bond donors (Lipinski definition) is 18. The van der Waals surface area contributed by atoms with Gasteiger partial charge in [0.25, 0.3) is 0 Å². The van der Waals surface area contributed by atoms with Gasteiger partial charge in [0.2, 0.25) is 47.3 Å². The van der Waals surface area contributed by atoms with Gasteiger partial charge in [0.1, 0.15) is 48.3 Å². The van der Waals surface area contributed by atoms with Crippen LogP contribution in [0.1, 0.15) is 65.5 Å². The summed E-state index contributed by atoms with van der Waals surface area (Å²) in [4.78, 5) is 141. The third-order valence-corrected chi connectivity index (χ3v) is 10.5. The number of aliphatic hydroxyl groups is 2. The lowest BCUT2D eigenvalue weighted by Crippen LogP contribution is -2.62. The number of imidazole rings is 1. The highest BCUT2D eigenvalue weighted by Crippen LogP contribution is 2.10. The van der Waals surface area contributed by atoms with Crippen LogP contribution in [0.2, 0.25) is 0 Å². The van der Waals surface area contributed by atoms with Crippen LogP contribution in [-0.2, 0) is 54.4 Å². The van der Waals surface area contributed by atoms with E-state index in [4.69, 9.17) is 17.2 Å². The number of rotatable bonds is 32. The molecule has 1 aromatic heterocycles. The number of carbonyl (C=O) groups excluding carboxylic acids is 8. The number of hydrogen-bond acceptors (Lipinski definition) is 17. The number of carbonyl (C=O) groups is 10. The van der Waals surface area contributed by atoms with Crippen molar-refractivity contribution in [2.75, 3.05) is 24.7 Å². The molecule has 1 heterocycles. The van der Waals surface area contributed by atoms with Crippen molar-refractivity contribution in [2.45, 2.75) is 127 Å². The normalized spacial score (nSPS) is 15.4. The molecule has 0 bridgehead atoms. The summed E-state index contributed by atoms with van der Waals surface area (Å²) in [5.74, 6) is -11.5. The Morgan fingerprint density at radius 3 is 1.72 bits per heavy atom. The van der Waals surface area contributed by atoms with Gasteiger partial charge in [-0.2, -0.15) is 25.3 Å². The lowest BCUT2D eigenvalue weighted by Gasteiger charge is -2.28. The molecule has 0 aliphatic heterocycles. The minimum atomic E-state index is -1.82. The first-order valence-electron chi connectivity index (χ1n) is 21.5. The number of nitrogens with two attached hydrogens (primary N) is 3. The van der Waals surface area contributed by atoms with Crippen molar-refractivity contribution in [3.8, 4) is 0 Å². The largest absolute Gasteiger partial charge is 0.481 e. The Labute approximate surface area is 407 Å². The van der Waals surface area contributed by atoms with Crippen molar-refractivity contribution in [2.24, 2.45) is 28.1 Å². The van der Waals surface area contributed by atoms with E-state index in [9.17, 15) is 68.4 Å². The predicted molar refractivity (Wildman–Crippen MR) is 252 cm³/mol. The van der Waals surface area contributed by atoms with E-state index in [0.29, 0.717) is 5.69 Å². The predicted octanol–water partition coefficient (Wildman–Crippen LogP) is -6.54. The molecule has 1 aromatic rings. The maximum absolute atomic E-state index is 14.0. The summed E-state index contributed by atoms with van der Waals surface area (Å²) in [6.07, 6.45) is -0.372. The van der Waals surface area contributed by atoms with Crippen LogP contribution in [0.4, 0.5) is 0 Å². The average molecular weight is 1020 g/mol. The first-order chi connectivity index (χ1) is 32.3. The number of aromatic nitrogens is 2. The van der Waals surface area contributed by atoms with Crippen molar-refractivity contribution in [3.63, 3.8) is 0 Å². The fourth-order valence-corrected chi connectivity index (χ4v) is 6.41. The summed E-state index contributed by atoms with van der Waals surface area (Å²) in [5.41, 5.74) is 16.9. The number of aliphatic imine (C=N–C) groups is 1. The van der Waals surface area contributed by atoms with E-state index in [1.165, 1.54) is 19.4 Å². The third kappa shape index (κ3) is 22.6. The van der Waals surface area contributed by atoms with Crippen LogP contribution in [0, 0.1) is 5.92 Å². The Morgan fingerprint density at radius 1 is 0.681 bits per heavy atom. The van der Waals surface area contributed by atoms with Gasteiger partial charge in [-0.15, -0.1) is 0 Å². The number of amides is 8. The number of nitrogens with zero attached hydrogens (tertiary/aromatic N) is 2. The summed E-state index contributed by atoms with van der Waals surface area (Å²) in [7, 11) is 0. The fraction of sp³-hybridized carbons (Fsp3) is 0.641. The van der Waals surface area contributed by atoms with Crippen LogP contribution >= 0.6 is 25.3 Å². The number of H-pyrrole nitrogens is 1. The van der Waals surface area contributed by atoms with Crippen molar-refractivity contribution in [3.05, 3.63) is 18.2 Å². The van der Waals surface area contributed by atoms with E-state index in [2.05, 4.69) is 82.8 Å². The Balaban J connectivity index is 3.35. The van der Waals surface area contributed by atoms with Crippen LogP contribution in [-0.4, -0.2) is 181 Å². The highest BCUT2D eigenvalue weighted by molar-refractivity contribution is 7.80.